The minimum atomic E-state index is -0.404. The molecule has 1 N–H and O–H groups in total. The van der Waals surface area contributed by atoms with Crippen molar-refractivity contribution < 1.29 is 5.11 Å². The number of nitrogens with zero attached hydrogens (tertiary/aromatic N) is 1. The summed E-state index contributed by atoms with van der Waals surface area (Å²) in [5.74, 6) is 0. The van der Waals surface area contributed by atoms with Crippen molar-refractivity contribution in [3.63, 3.8) is 0 Å². The number of rotatable bonds is 1. The number of hydrogen-bond acceptors (Lipinski definition) is 2. The van der Waals surface area contributed by atoms with Crippen molar-refractivity contribution >= 4 is 12.4 Å². The maximum Gasteiger partial charge on any atom is 0.0776 e. The van der Waals surface area contributed by atoms with Gasteiger partial charge in [-0.1, -0.05) is 6.07 Å². The van der Waals surface area contributed by atoms with Crippen LogP contribution < -0.4 is 0 Å². The predicted molar refractivity (Wildman–Crippen MR) is 42.1 cm³/mol. The molecule has 1 aromatic rings. The van der Waals surface area contributed by atoms with Gasteiger partial charge in [-0.25, -0.2) is 0 Å². The highest BCUT2D eigenvalue weighted by Gasteiger charge is 1.96. The van der Waals surface area contributed by atoms with Crippen LogP contribution >= 0.6 is 12.4 Å². The maximum absolute atomic E-state index is 8.98. The first-order valence-electron chi connectivity index (χ1n) is 2.88. The molecule has 1 heterocycles. The van der Waals surface area contributed by atoms with E-state index in [0.717, 1.165) is 5.56 Å². The van der Waals surface area contributed by atoms with Gasteiger partial charge in [-0.15, -0.1) is 12.4 Å². The Bertz CT molecular complexity index is 176. The van der Waals surface area contributed by atoms with Crippen molar-refractivity contribution in [1.29, 1.82) is 0 Å². The molecule has 1 atom stereocenters. The van der Waals surface area contributed by atoms with Crippen molar-refractivity contribution in [1.82, 2.24) is 4.98 Å². The Balaban J connectivity index is 0.000000810. The van der Waals surface area contributed by atoms with E-state index in [-0.39, 0.29) is 12.4 Å². The molecule has 0 aromatic carbocycles. The van der Waals surface area contributed by atoms with Gasteiger partial charge in [-0.05, 0) is 18.6 Å². The summed E-state index contributed by atoms with van der Waals surface area (Å²) in [5.41, 5.74) is 0.859. The van der Waals surface area contributed by atoms with Gasteiger partial charge >= 0.3 is 0 Å². The van der Waals surface area contributed by atoms with Crippen molar-refractivity contribution in [2.24, 2.45) is 0 Å². The fourth-order valence-electron chi connectivity index (χ4n) is 0.623. The van der Waals surface area contributed by atoms with Crippen LogP contribution in [0.3, 0.4) is 0 Å². The molecule has 0 fully saturated rings. The maximum atomic E-state index is 8.98. The average Bonchev–Trinajstić information content (AvgIpc) is 1.90. The molecule has 0 aliphatic heterocycles. The minimum Gasteiger partial charge on any atom is -0.389 e. The van der Waals surface area contributed by atoms with Crippen LogP contribution in [0.2, 0.25) is 0 Å². The zero-order valence-electron chi connectivity index (χ0n) is 5.69. The predicted octanol–water partition coefficient (Wildman–Crippen LogP) is 1.56. The molecule has 0 aliphatic rings. The van der Waals surface area contributed by atoms with E-state index in [0.29, 0.717) is 0 Å². The summed E-state index contributed by atoms with van der Waals surface area (Å²) in [6.07, 6.45) is 2.94. The van der Waals surface area contributed by atoms with Gasteiger partial charge in [-0.3, -0.25) is 4.98 Å². The number of aromatic nitrogens is 1. The molecule has 56 valence electrons. The number of halogens is 1. The van der Waals surface area contributed by atoms with Crippen LogP contribution in [0, 0.1) is 0 Å². The summed E-state index contributed by atoms with van der Waals surface area (Å²) in [6.45, 7) is 1.72. The molecule has 10 heavy (non-hydrogen) atoms. The molecule has 0 saturated heterocycles. The fourth-order valence-corrected chi connectivity index (χ4v) is 0.623. The van der Waals surface area contributed by atoms with Crippen LogP contribution in [0.25, 0.3) is 0 Å². The van der Waals surface area contributed by atoms with E-state index >= 15 is 0 Å². The second kappa shape index (κ2) is 4.25. The molecular weight excluding hydrogens is 150 g/mol. The lowest BCUT2D eigenvalue weighted by Crippen LogP contribution is -1.89. The minimum absolute atomic E-state index is 0. The lowest BCUT2D eigenvalue weighted by atomic mass is 10.2. The van der Waals surface area contributed by atoms with E-state index in [1.807, 2.05) is 12.1 Å². The molecule has 0 saturated carbocycles. The average molecular weight is 160 g/mol. The van der Waals surface area contributed by atoms with Crippen LogP contribution in [0.4, 0.5) is 0 Å². The van der Waals surface area contributed by atoms with Crippen LogP contribution in [0.1, 0.15) is 18.6 Å². The standard InChI is InChI=1S/C7H9NO.ClH/c1-6(9)7-3-2-4-8-5-7;/h2-6,9H,1H3;1H. The summed E-state index contributed by atoms with van der Waals surface area (Å²) in [6, 6.07) is 3.65. The first-order chi connectivity index (χ1) is 4.30. The van der Waals surface area contributed by atoms with E-state index in [9.17, 15) is 0 Å². The highest BCUT2D eigenvalue weighted by molar-refractivity contribution is 5.85. The van der Waals surface area contributed by atoms with Gasteiger partial charge in [0.25, 0.3) is 0 Å². The van der Waals surface area contributed by atoms with Crippen LogP contribution in [-0.4, -0.2) is 10.1 Å². The first kappa shape index (κ1) is 9.40. The van der Waals surface area contributed by atoms with Gasteiger partial charge < -0.3 is 5.11 Å². The van der Waals surface area contributed by atoms with Gasteiger partial charge in [0.2, 0.25) is 0 Å². The number of aliphatic hydroxyl groups is 1. The third-order valence-corrected chi connectivity index (χ3v) is 1.17. The molecule has 1 unspecified atom stereocenters. The highest BCUT2D eigenvalue weighted by Crippen LogP contribution is 2.07. The van der Waals surface area contributed by atoms with Crippen LogP contribution in [0.15, 0.2) is 24.5 Å². The Kier molecular flexibility index (Phi) is 4.00. The Morgan fingerprint density at radius 2 is 2.30 bits per heavy atom. The number of pyridine rings is 1. The molecule has 0 bridgehead atoms. The molecule has 1 aromatic heterocycles. The third-order valence-electron chi connectivity index (χ3n) is 1.17. The van der Waals surface area contributed by atoms with Gasteiger partial charge in [0.15, 0.2) is 0 Å². The van der Waals surface area contributed by atoms with Crippen molar-refractivity contribution in [2.45, 2.75) is 13.0 Å². The lowest BCUT2D eigenvalue weighted by Gasteiger charge is -2.00. The van der Waals surface area contributed by atoms with Gasteiger partial charge in [0, 0.05) is 12.4 Å². The third kappa shape index (κ3) is 2.33. The zero-order valence-corrected chi connectivity index (χ0v) is 6.51. The number of hydrogen-bond donors (Lipinski definition) is 1. The van der Waals surface area contributed by atoms with E-state index < -0.39 is 6.10 Å². The Morgan fingerprint density at radius 3 is 2.60 bits per heavy atom. The smallest absolute Gasteiger partial charge is 0.0776 e. The van der Waals surface area contributed by atoms with Crippen molar-refractivity contribution in [3.05, 3.63) is 30.1 Å². The molecule has 0 aliphatic carbocycles. The summed E-state index contributed by atoms with van der Waals surface area (Å²) in [7, 11) is 0. The lowest BCUT2D eigenvalue weighted by molar-refractivity contribution is 0.199. The van der Waals surface area contributed by atoms with E-state index in [1.54, 1.807) is 19.3 Å². The summed E-state index contributed by atoms with van der Waals surface area (Å²) in [5, 5.41) is 8.98. The zero-order chi connectivity index (χ0) is 6.69. The topological polar surface area (TPSA) is 33.1 Å². The molecule has 0 spiro atoms. The quantitative estimate of drug-likeness (QED) is 0.675. The number of aliphatic hydroxyl groups excluding tert-OH is 1. The molecular formula is C7H10ClNO. The second-order valence-electron chi connectivity index (χ2n) is 1.96. The van der Waals surface area contributed by atoms with Crippen LogP contribution in [-0.2, 0) is 0 Å². The SMILES string of the molecule is CC(O)c1cccnc1.Cl. The Labute approximate surface area is 66.3 Å². The van der Waals surface area contributed by atoms with E-state index in [2.05, 4.69) is 4.98 Å². The monoisotopic (exact) mass is 159 g/mol. The Hall–Kier alpha value is -0.600. The second-order valence-corrected chi connectivity index (χ2v) is 1.96. The van der Waals surface area contributed by atoms with Gasteiger partial charge in [0.1, 0.15) is 0 Å². The molecule has 2 nitrogen and oxygen atoms in total. The summed E-state index contributed by atoms with van der Waals surface area (Å²) in [4.78, 5) is 3.85. The molecule has 0 radical (unpaired) electrons. The van der Waals surface area contributed by atoms with Gasteiger partial charge in [-0.2, -0.15) is 0 Å². The summed E-state index contributed by atoms with van der Waals surface area (Å²) < 4.78 is 0. The van der Waals surface area contributed by atoms with Gasteiger partial charge in [0.05, 0.1) is 6.10 Å². The molecule has 1 rings (SSSR count). The summed E-state index contributed by atoms with van der Waals surface area (Å²) >= 11 is 0. The normalized spacial score (nSPS) is 11.8. The van der Waals surface area contributed by atoms with Crippen LogP contribution in [0.5, 0.6) is 0 Å². The Morgan fingerprint density at radius 1 is 1.60 bits per heavy atom. The van der Waals surface area contributed by atoms with E-state index in [4.69, 9.17) is 5.11 Å². The van der Waals surface area contributed by atoms with Crippen molar-refractivity contribution in [3.8, 4) is 0 Å². The molecule has 0 amide bonds. The largest absolute Gasteiger partial charge is 0.389 e. The highest BCUT2D eigenvalue weighted by atomic mass is 35.5. The molecule has 3 heteroatoms. The van der Waals surface area contributed by atoms with E-state index in [1.165, 1.54) is 0 Å². The van der Waals surface area contributed by atoms with Crippen molar-refractivity contribution in [2.75, 3.05) is 0 Å². The first-order valence-corrected chi connectivity index (χ1v) is 2.88. The fraction of sp³-hybridized carbons (Fsp3) is 0.286.